The fraction of sp³-hybridized carbons (Fsp3) is 0.200. The number of aliphatic imine (C=N–C) groups is 1. The van der Waals surface area contributed by atoms with Gasteiger partial charge in [-0.15, -0.1) is 0 Å². The number of carbonyl (C=O) groups is 1. The first-order valence-corrected chi connectivity index (χ1v) is 5.77. The highest BCUT2D eigenvalue weighted by atomic mass is 127. The molecule has 0 aliphatic rings. The zero-order valence-corrected chi connectivity index (χ0v) is 11.0. The normalized spacial score (nSPS) is 11.8. The van der Waals surface area contributed by atoms with E-state index in [-0.39, 0.29) is 18.1 Å². The van der Waals surface area contributed by atoms with E-state index in [4.69, 9.17) is 16.6 Å². The number of nitrogens with two attached hydrogens (primary N) is 2. The third kappa shape index (κ3) is 4.10. The molecule has 17 heavy (non-hydrogen) atoms. The van der Waals surface area contributed by atoms with Crippen molar-refractivity contribution in [2.75, 3.05) is 0 Å². The highest BCUT2D eigenvalue weighted by molar-refractivity contribution is 14.1. The molecule has 0 heterocycles. The lowest BCUT2D eigenvalue weighted by atomic mass is 10.0. The van der Waals surface area contributed by atoms with Crippen molar-refractivity contribution < 1.29 is 15.0 Å². The number of carboxylic acids is 1. The average molecular weight is 349 g/mol. The van der Waals surface area contributed by atoms with Gasteiger partial charge in [-0.1, -0.05) is 6.07 Å². The molecule has 0 aliphatic heterocycles. The summed E-state index contributed by atoms with van der Waals surface area (Å²) in [5, 5.41) is 18.2. The number of benzene rings is 1. The fourth-order valence-corrected chi connectivity index (χ4v) is 1.85. The molecule has 0 saturated heterocycles. The average Bonchev–Trinajstić information content (AvgIpc) is 2.19. The standard InChI is InChI=1S/C10H12IN3O3/c11-6-3-5(1-2-8(6)15)7(4-9(16)17)14-10(12)13/h1-3,7,15H,4H2,(H,16,17)(H4,12,13,14). The monoisotopic (exact) mass is 349 g/mol. The van der Waals surface area contributed by atoms with E-state index >= 15 is 0 Å². The van der Waals surface area contributed by atoms with Gasteiger partial charge in [-0.05, 0) is 40.3 Å². The number of nitrogens with zero attached hydrogens (tertiary/aromatic N) is 1. The summed E-state index contributed by atoms with van der Waals surface area (Å²) < 4.78 is 0.612. The van der Waals surface area contributed by atoms with Crippen LogP contribution in [0.2, 0.25) is 0 Å². The topological polar surface area (TPSA) is 122 Å². The molecule has 0 spiro atoms. The number of guanidine groups is 1. The molecule has 1 rings (SSSR count). The summed E-state index contributed by atoms with van der Waals surface area (Å²) in [6, 6.07) is 4.08. The second kappa shape index (κ2) is 5.71. The van der Waals surface area contributed by atoms with Gasteiger partial charge in [0.2, 0.25) is 0 Å². The van der Waals surface area contributed by atoms with E-state index in [9.17, 15) is 9.90 Å². The lowest BCUT2D eigenvalue weighted by Crippen LogP contribution is -2.24. The quantitative estimate of drug-likeness (QED) is 0.364. The Hall–Kier alpha value is -1.51. The molecule has 0 radical (unpaired) electrons. The molecule has 1 aromatic carbocycles. The molecule has 7 heteroatoms. The molecule has 0 amide bonds. The maximum atomic E-state index is 10.7. The number of phenols is 1. The highest BCUT2D eigenvalue weighted by Crippen LogP contribution is 2.27. The van der Waals surface area contributed by atoms with Crippen molar-refractivity contribution >= 4 is 34.5 Å². The summed E-state index contributed by atoms with van der Waals surface area (Å²) >= 11 is 1.94. The molecule has 0 aromatic heterocycles. The van der Waals surface area contributed by atoms with Crippen molar-refractivity contribution in [2.45, 2.75) is 12.5 Å². The molecule has 0 saturated carbocycles. The number of carboxylic acid groups (broad SMARTS) is 1. The molecule has 0 bridgehead atoms. The lowest BCUT2D eigenvalue weighted by molar-refractivity contribution is -0.137. The van der Waals surface area contributed by atoms with Gasteiger partial charge >= 0.3 is 5.97 Å². The summed E-state index contributed by atoms with van der Waals surface area (Å²) in [5.41, 5.74) is 11.2. The van der Waals surface area contributed by atoms with E-state index in [1.165, 1.54) is 6.07 Å². The molecule has 92 valence electrons. The van der Waals surface area contributed by atoms with E-state index in [0.29, 0.717) is 9.13 Å². The van der Waals surface area contributed by atoms with Crippen molar-refractivity contribution in [1.82, 2.24) is 0 Å². The van der Waals surface area contributed by atoms with Crippen LogP contribution in [0.3, 0.4) is 0 Å². The van der Waals surface area contributed by atoms with Crippen LogP contribution in [0.5, 0.6) is 5.75 Å². The highest BCUT2D eigenvalue weighted by Gasteiger charge is 2.16. The van der Waals surface area contributed by atoms with Gasteiger partial charge in [-0.25, -0.2) is 4.99 Å². The molecule has 0 aliphatic carbocycles. The minimum Gasteiger partial charge on any atom is -0.507 e. The van der Waals surface area contributed by atoms with Crippen LogP contribution < -0.4 is 11.5 Å². The van der Waals surface area contributed by atoms with Crippen LogP contribution in [0.1, 0.15) is 18.0 Å². The Kier molecular flexibility index (Phi) is 4.55. The van der Waals surface area contributed by atoms with Gasteiger partial charge in [-0.2, -0.15) is 0 Å². The van der Waals surface area contributed by atoms with Crippen LogP contribution in [-0.2, 0) is 4.79 Å². The van der Waals surface area contributed by atoms with Crippen molar-refractivity contribution in [1.29, 1.82) is 0 Å². The Morgan fingerprint density at radius 2 is 2.12 bits per heavy atom. The van der Waals surface area contributed by atoms with Crippen molar-refractivity contribution in [3.05, 3.63) is 27.3 Å². The van der Waals surface area contributed by atoms with Crippen LogP contribution in [0, 0.1) is 3.57 Å². The summed E-state index contributed by atoms with van der Waals surface area (Å²) in [4.78, 5) is 14.6. The van der Waals surface area contributed by atoms with Gasteiger partial charge in [0, 0.05) is 0 Å². The molecule has 6 nitrogen and oxygen atoms in total. The predicted molar refractivity (Wildman–Crippen MR) is 71.6 cm³/mol. The first kappa shape index (κ1) is 13.6. The third-order valence-corrected chi connectivity index (χ3v) is 2.89. The SMILES string of the molecule is NC(N)=NC(CC(=O)O)c1ccc(O)c(I)c1. The summed E-state index contributed by atoms with van der Waals surface area (Å²) in [5.74, 6) is -1.03. The minimum absolute atomic E-state index is 0.133. The van der Waals surface area contributed by atoms with Crippen molar-refractivity contribution in [3.8, 4) is 5.75 Å². The molecular formula is C10H12IN3O3. The zero-order chi connectivity index (χ0) is 13.0. The van der Waals surface area contributed by atoms with E-state index in [2.05, 4.69) is 4.99 Å². The molecule has 1 aromatic rings. The first-order valence-electron chi connectivity index (χ1n) is 4.69. The summed E-state index contributed by atoms with van der Waals surface area (Å²) in [6.45, 7) is 0. The number of halogens is 1. The fourth-order valence-electron chi connectivity index (χ4n) is 1.31. The Morgan fingerprint density at radius 3 is 2.59 bits per heavy atom. The van der Waals surface area contributed by atoms with Gasteiger partial charge in [0.05, 0.1) is 16.0 Å². The molecule has 6 N–H and O–H groups in total. The van der Waals surface area contributed by atoms with E-state index in [0.717, 1.165) is 0 Å². The van der Waals surface area contributed by atoms with Crippen LogP contribution in [0.4, 0.5) is 0 Å². The van der Waals surface area contributed by atoms with Gasteiger partial charge < -0.3 is 21.7 Å². The van der Waals surface area contributed by atoms with Gasteiger partial charge in [0.25, 0.3) is 0 Å². The molecule has 1 unspecified atom stereocenters. The van der Waals surface area contributed by atoms with Crippen molar-refractivity contribution in [3.63, 3.8) is 0 Å². The Morgan fingerprint density at radius 1 is 1.47 bits per heavy atom. The third-order valence-electron chi connectivity index (χ3n) is 2.03. The van der Waals surface area contributed by atoms with E-state index in [1.807, 2.05) is 22.6 Å². The van der Waals surface area contributed by atoms with Gasteiger partial charge in [0.15, 0.2) is 5.96 Å². The number of phenolic OH excluding ortho intramolecular Hbond substituents is 1. The number of hydrogen-bond donors (Lipinski definition) is 4. The van der Waals surface area contributed by atoms with Gasteiger partial charge in [0.1, 0.15) is 5.75 Å². The number of rotatable bonds is 4. The van der Waals surface area contributed by atoms with Crippen molar-refractivity contribution in [2.24, 2.45) is 16.5 Å². The second-order valence-corrected chi connectivity index (χ2v) is 4.54. The van der Waals surface area contributed by atoms with Crippen LogP contribution in [0.15, 0.2) is 23.2 Å². The van der Waals surface area contributed by atoms with E-state index < -0.39 is 12.0 Å². The smallest absolute Gasteiger partial charge is 0.305 e. The Labute approximate surface area is 111 Å². The Balaban J connectivity index is 3.08. The maximum Gasteiger partial charge on any atom is 0.305 e. The number of aliphatic carboxylic acids is 1. The first-order chi connectivity index (χ1) is 7.90. The molecule has 1 atom stereocenters. The second-order valence-electron chi connectivity index (χ2n) is 3.38. The van der Waals surface area contributed by atoms with Gasteiger partial charge in [-0.3, -0.25) is 4.79 Å². The number of aromatic hydroxyl groups is 1. The maximum absolute atomic E-state index is 10.7. The molecular weight excluding hydrogens is 337 g/mol. The Bertz CT molecular complexity index is 458. The number of hydrogen-bond acceptors (Lipinski definition) is 3. The summed E-state index contributed by atoms with van der Waals surface area (Å²) in [6.07, 6.45) is -0.210. The van der Waals surface area contributed by atoms with Crippen LogP contribution in [-0.4, -0.2) is 22.1 Å². The van der Waals surface area contributed by atoms with Crippen LogP contribution in [0.25, 0.3) is 0 Å². The summed E-state index contributed by atoms with van der Waals surface area (Å²) in [7, 11) is 0. The zero-order valence-electron chi connectivity index (χ0n) is 8.80. The molecule has 0 fully saturated rings. The van der Waals surface area contributed by atoms with Crippen LogP contribution >= 0.6 is 22.6 Å². The largest absolute Gasteiger partial charge is 0.507 e. The van der Waals surface area contributed by atoms with E-state index in [1.54, 1.807) is 12.1 Å². The lowest BCUT2D eigenvalue weighted by Gasteiger charge is -2.11. The minimum atomic E-state index is -0.997. The predicted octanol–water partition coefficient (Wildman–Crippen LogP) is 0.786.